The molecule has 2 rings (SSSR count). The first-order valence-electron chi connectivity index (χ1n) is 6.68. The van der Waals surface area contributed by atoms with Crippen molar-refractivity contribution in [1.29, 1.82) is 0 Å². The molecule has 0 atom stereocenters. The second kappa shape index (κ2) is 6.70. The molecule has 2 aromatic rings. The van der Waals surface area contributed by atoms with Crippen molar-refractivity contribution >= 4 is 11.7 Å². The van der Waals surface area contributed by atoms with E-state index in [0.29, 0.717) is 12.2 Å². The van der Waals surface area contributed by atoms with E-state index in [-0.39, 0.29) is 5.91 Å². The number of aryl methyl sites for hydroxylation is 1. The summed E-state index contributed by atoms with van der Waals surface area (Å²) in [6.45, 7) is 5.28. The van der Waals surface area contributed by atoms with E-state index in [9.17, 15) is 4.79 Å². The summed E-state index contributed by atoms with van der Waals surface area (Å²) in [4.78, 5) is 16.3. The second-order valence-corrected chi connectivity index (χ2v) is 4.54. The number of nitrogens with zero attached hydrogens (tertiary/aromatic N) is 2. The number of carbonyl (C=O) groups is 1. The Kier molecular flexibility index (Phi) is 4.70. The summed E-state index contributed by atoms with van der Waals surface area (Å²) in [5.41, 5.74) is 2.34. The Morgan fingerprint density at radius 1 is 1.40 bits per heavy atom. The number of nitrogens with one attached hydrogen (secondary N) is 3. The Labute approximate surface area is 118 Å². The molecule has 2 heterocycles. The normalized spacial score (nSPS) is 10.3. The summed E-state index contributed by atoms with van der Waals surface area (Å²) < 4.78 is 0. The first-order valence-corrected chi connectivity index (χ1v) is 6.68. The third-order valence-corrected chi connectivity index (χ3v) is 2.91. The molecule has 1 amide bonds. The molecule has 2 aromatic heterocycles. The maximum Gasteiger partial charge on any atom is 0.270 e. The molecule has 0 spiro atoms. The monoisotopic (exact) mass is 273 g/mol. The number of pyridine rings is 1. The van der Waals surface area contributed by atoms with Gasteiger partial charge in [0.2, 0.25) is 0 Å². The zero-order valence-electron chi connectivity index (χ0n) is 11.7. The van der Waals surface area contributed by atoms with Crippen LogP contribution < -0.4 is 10.6 Å². The predicted octanol–water partition coefficient (Wildman–Crippen LogP) is 1.87. The van der Waals surface area contributed by atoms with E-state index < -0.39 is 0 Å². The highest BCUT2D eigenvalue weighted by Gasteiger charge is 2.09. The SMILES string of the molecule is CCCNc1cccc(C(=O)NCc2cn[nH]c2C)n1. The van der Waals surface area contributed by atoms with Gasteiger partial charge in [-0.05, 0) is 25.5 Å². The lowest BCUT2D eigenvalue weighted by Crippen LogP contribution is -2.24. The van der Waals surface area contributed by atoms with Gasteiger partial charge in [0.05, 0.1) is 6.20 Å². The lowest BCUT2D eigenvalue weighted by atomic mass is 10.2. The van der Waals surface area contributed by atoms with Gasteiger partial charge in [0.25, 0.3) is 5.91 Å². The number of rotatable bonds is 6. The number of aromatic amines is 1. The van der Waals surface area contributed by atoms with Crippen molar-refractivity contribution in [3.8, 4) is 0 Å². The third-order valence-electron chi connectivity index (χ3n) is 2.91. The van der Waals surface area contributed by atoms with Crippen molar-refractivity contribution in [3.05, 3.63) is 41.3 Å². The quantitative estimate of drug-likeness (QED) is 0.750. The standard InChI is InChI=1S/C14H19N5O/c1-3-7-15-13-6-4-5-12(18-13)14(20)16-8-11-9-17-19-10(11)2/h4-6,9H,3,7-8H2,1-2H3,(H,15,18)(H,16,20)(H,17,19). The molecule has 106 valence electrons. The molecule has 0 saturated carbocycles. The topological polar surface area (TPSA) is 82.7 Å². The molecule has 3 N–H and O–H groups in total. The minimum absolute atomic E-state index is 0.189. The van der Waals surface area contributed by atoms with Gasteiger partial charge in [-0.15, -0.1) is 0 Å². The van der Waals surface area contributed by atoms with Gasteiger partial charge < -0.3 is 10.6 Å². The zero-order chi connectivity index (χ0) is 14.4. The smallest absolute Gasteiger partial charge is 0.270 e. The maximum atomic E-state index is 12.0. The van der Waals surface area contributed by atoms with E-state index >= 15 is 0 Å². The zero-order valence-corrected chi connectivity index (χ0v) is 11.7. The molecule has 6 heteroatoms. The van der Waals surface area contributed by atoms with Gasteiger partial charge in [0.15, 0.2) is 0 Å². The first kappa shape index (κ1) is 14.0. The van der Waals surface area contributed by atoms with Crippen molar-refractivity contribution < 1.29 is 4.79 Å². The molecule has 0 aliphatic carbocycles. The van der Waals surface area contributed by atoms with Crippen molar-refractivity contribution in [2.75, 3.05) is 11.9 Å². The Morgan fingerprint density at radius 3 is 2.95 bits per heavy atom. The Morgan fingerprint density at radius 2 is 2.25 bits per heavy atom. The van der Waals surface area contributed by atoms with Gasteiger partial charge in [-0.2, -0.15) is 5.10 Å². The van der Waals surface area contributed by atoms with Gasteiger partial charge in [0.1, 0.15) is 11.5 Å². The van der Waals surface area contributed by atoms with Gasteiger partial charge in [-0.25, -0.2) is 4.98 Å². The fraction of sp³-hybridized carbons (Fsp3) is 0.357. The van der Waals surface area contributed by atoms with Crippen molar-refractivity contribution in [3.63, 3.8) is 0 Å². The van der Waals surface area contributed by atoms with Gasteiger partial charge >= 0.3 is 0 Å². The van der Waals surface area contributed by atoms with Crippen LogP contribution in [-0.4, -0.2) is 27.6 Å². The first-order chi connectivity index (χ1) is 9.70. The van der Waals surface area contributed by atoms with Crippen molar-refractivity contribution in [2.24, 2.45) is 0 Å². The van der Waals surface area contributed by atoms with Crippen molar-refractivity contribution in [2.45, 2.75) is 26.8 Å². The Bertz CT molecular complexity index is 578. The predicted molar refractivity (Wildman–Crippen MR) is 77.5 cm³/mol. The molecule has 0 aromatic carbocycles. The van der Waals surface area contributed by atoms with Crippen LogP contribution in [0.3, 0.4) is 0 Å². The third kappa shape index (κ3) is 3.57. The number of aromatic nitrogens is 3. The summed E-state index contributed by atoms with van der Waals surface area (Å²) in [6, 6.07) is 5.38. The molecule has 6 nitrogen and oxygen atoms in total. The lowest BCUT2D eigenvalue weighted by molar-refractivity contribution is 0.0946. The molecule has 0 radical (unpaired) electrons. The van der Waals surface area contributed by atoms with E-state index in [1.165, 1.54) is 0 Å². The van der Waals surface area contributed by atoms with Crippen LogP contribution in [0, 0.1) is 6.92 Å². The van der Waals surface area contributed by atoms with E-state index in [4.69, 9.17) is 0 Å². The molecule has 0 fully saturated rings. The maximum absolute atomic E-state index is 12.0. The molecular weight excluding hydrogens is 254 g/mol. The number of hydrogen-bond acceptors (Lipinski definition) is 4. The van der Waals surface area contributed by atoms with Gasteiger partial charge in [0, 0.05) is 24.3 Å². The summed E-state index contributed by atoms with van der Waals surface area (Å²) in [5.74, 6) is 0.532. The van der Waals surface area contributed by atoms with Crippen LogP contribution in [0.1, 0.15) is 35.1 Å². The minimum Gasteiger partial charge on any atom is -0.370 e. The van der Waals surface area contributed by atoms with Gasteiger partial charge in [-0.3, -0.25) is 9.89 Å². The number of amides is 1. The van der Waals surface area contributed by atoms with Crippen LogP contribution in [0.5, 0.6) is 0 Å². The van der Waals surface area contributed by atoms with Crippen LogP contribution in [0.15, 0.2) is 24.4 Å². The van der Waals surface area contributed by atoms with Crippen LogP contribution in [0.2, 0.25) is 0 Å². The summed E-state index contributed by atoms with van der Waals surface area (Å²) in [5, 5.41) is 12.8. The highest BCUT2D eigenvalue weighted by Crippen LogP contribution is 2.06. The summed E-state index contributed by atoms with van der Waals surface area (Å²) >= 11 is 0. The highest BCUT2D eigenvalue weighted by atomic mass is 16.1. The molecule has 0 bridgehead atoms. The molecule has 0 unspecified atom stereocenters. The average molecular weight is 273 g/mol. The number of H-pyrrole nitrogens is 1. The fourth-order valence-corrected chi connectivity index (χ4v) is 1.73. The highest BCUT2D eigenvalue weighted by molar-refractivity contribution is 5.92. The number of carbonyl (C=O) groups excluding carboxylic acids is 1. The molecule has 0 aliphatic rings. The second-order valence-electron chi connectivity index (χ2n) is 4.54. The van der Waals surface area contributed by atoms with E-state index in [1.54, 1.807) is 12.3 Å². The van der Waals surface area contributed by atoms with E-state index in [1.807, 2.05) is 19.1 Å². The average Bonchev–Trinajstić information content (AvgIpc) is 2.88. The van der Waals surface area contributed by atoms with Gasteiger partial charge in [-0.1, -0.05) is 13.0 Å². The largest absolute Gasteiger partial charge is 0.370 e. The molecular formula is C14H19N5O. The fourth-order valence-electron chi connectivity index (χ4n) is 1.73. The van der Waals surface area contributed by atoms with Crippen LogP contribution in [0.25, 0.3) is 0 Å². The van der Waals surface area contributed by atoms with Crippen molar-refractivity contribution in [1.82, 2.24) is 20.5 Å². The van der Waals surface area contributed by atoms with E-state index in [0.717, 1.165) is 30.0 Å². The lowest BCUT2D eigenvalue weighted by Gasteiger charge is -2.07. The Hall–Kier alpha value is -2.37. The van der Waals surface area contributed by atoms with Crippen LogP contribution in [-0.2, 0) is 6.54 Å². The van der Waals surface area contributed by atoms with E-state index in [2.05, 4.69) is 32.7 Å². The molecule has 0 saturated heterocycles. The Balaban J connectivity index is 1.96. The van der Waals surface area contributed by atoms with Crippen LogP contribution in [0.4, 0.5) is 5.82 Å². The number of anilines is 1. The minimum atomic E-state index is -0.189. The summed E-state index contributed by atoms with van der Waals surface area (Å²) in [6.07, 6.45) is 2.72. The molecule has 0 aliphatic heterocycles. The number of hydrogen-bond donors (Lipinski definition) is 3. The summed E-state index contributed by atoms with van der Waals surface area (Å²) in [7, 11) is 0. The molecule has 20 heavy (non-hydrogen) atoms. The van der Waals surface area contributed by atoms with Crippen LogP contribution >= 0.6 is 0 Å².